The van der Waals surface area contributed by atoms with Gasteiger partial charge < -0.3 is 4.74 Å². The number of ether oxygens (including phenoxy) is 1. The lowest BCUT2D eigenvalue weighted by molar-refractivity contribution is -0.123. The van der Waals surface area contributed by atoms with Gasteiger partial charge in [-0.2, -0.15) is 10.2 Å². The summed E-state index contributed by atoms with van der Waals surface area (Å²) in [6, 6.07) is 25.2. The minimum absolute atomic E-state index is 0.132. The number of carbonyl (C=O) groups excluding carboxylic acids is 1. The van der Waals surface area contributed by atoms with Crippen molar-refractivity contribution in [2.45, 2.75) is 6.92 Å². The molecule has 160 valence electrons. The molecule has 7 heteroatoms. The van der Waals surface area contributed by atoms with E-state index >= 15 is 0 Å². The summed E-state index contributed by atoms with van der Waals surface area (Å²) in [5, 5.41) is 8.87. The fourth-order valence-corrected chi connectivity index (χ4v) is 3.36. The molecule has 0 bridgehead atoms. The third-order valence-corrected chi connectivity index (χ3v) is 5.16. The molecule has 4 rings (SSSR count). The summed E-state index contributed by atoms with van der Waals surface area (Å²) < 4.78 is 8.22. The molecule has 1 heterocycles. The largest absolute Gasteiger partial charge is 0.484 e. The molecule has 0 saturated carbocycles. The van der Waals surface area contributed by atoms with Crippen LogP contribution in [0.1, 0.15) is 11.1 Å². The molecule has 6 nitrogen and oxygen atoms in total. The molecule has 0 aliphatic heterocycles. The van der Waals surface area contributed by atoms with Crippen molar-refractivity contribution in [2.75, 3.05) is 6.61 Å². The number of para-hydroxylation sites is 1. The van der Waals surface area contributed by atoms with Gasteiger partial charge in [0.05, 0.1) is 11.9 Å². The van der Waals surface area contributed by atoms with E-state index in [0.29, 0.717) is 5.75 Å². The van der Waals surface area contributed by atoms with Crippen LogP contribution in [0.2, 0.25) is 0 Å². The zero-order valence-electron chi connectivity index (χ0n) is 17.4. The fourth-order valence-electron chi connectivity index (χ4n) is 3.10. The molecule has 0 aliphatic carbocycles. The maximum Gasteiger partial charge on any atom is 0.277 e. The summed E-state index contributed by atoms with van der Waals surface area (Å²) >= 11 is 3.36. The molecule has 0 aliphatic rings. The van der Waals surface area contributed by atoms with E-state index in [4.69, 9.17) is 9.84 Å². The number of aryl methyl sites for hydroxylation is 1. The van der Waals surface area contributed by atoms with Crippen LogP contribution >= 0.6 is 15.9 Å². The predicted molar refractivity (Wildman–Crippen MR) is 129 cm³/mol. The number of halogens is 1. The number of rotatable bonds is 7. The number of hydrazone groups is 1. The van der Waals surface area contributed by atoms with E-state index in [9.17, 15) is 4.79 Å². The van der Waals surface area contributed by atoms with Gasteiger partial charge in [-0.3, -0.25) is 4.79 Å². The first-order valence-corrected chi connectivity index (χ1v) is 10.8. The van der Waals surface area contributed by atoms with Crippen molar-refractivity contribution in [3.63, 3.8) is 0 Å². The van der Waals surface area contributed by atoms with Crippen LogP contribution in [0.3, 0.4) is 0 Å². The van der Waals surface area contributed by atoms with Crippen LogP contribution in [0.5, 0.6) is 5.75 Å². The van der Waals surface area contributed by atoms with Crippen LogP contribution in [0.4, 0.5) is 0 Å². The molecule has 0 unspecified atom stereocenters. The van der Waals surface area contributed by atoms with Gasteiger partial charge in [-0.1, -0.05) is 57.9 Å². The van der Waals surface area contributed by atoms with E-state index in [-0.39, 0.29) is 12.5 Å². The molecule has 0 atom stereocenters. The third kappa shape index (κ3) is 5.50. The Labute approximate surface area is 194 Å². The molecule has 4 aromatic rings. The number of nitrogens with zero attached hydrogens (tertiary/aromatic N) is 3. The quantitative estimate of drug-likeness (QED) is 0.289. The van der Waals surface area contributed by atoms with E-state index in [2.05, 4.69) is 32.5 Å². The standard InChI is InChI=1S/C25H21BrN4O2/c1-18-6-5-7-19(14-18)25-20(16-30(29-25)22-8-3-2-4-9-22)15-27-28-24(31)17-32-23-12-10-21(26)11-13-23/h2-16H,17H2,1H3,(H,28,31)/b27-15-. The van der Waals surface area contributed by atoms with Crippen molar-refractivity contribution in [1.82, 2.24) is 15.2 Å². The first-order chi connectivity index (χ1) is 15.6. The molecule has 1 aromatic heterocycles. The van der Waals surface area contributed by atoms with Gasteiger partial charge >= 0.3 is 0 Å². The van der Waals surface area contributed by atoms with Crippen LogP contribution in [0.25, 0.3) is 16.9 Å². The maximum atomic E-state index is 12.1. The first kappa shape index (κ1) is 21.5. The monoisotopic (exact) mass is 488 g/mol. The summed E-state index contributed by atoms with van der Waals surface area (Å²) in [5.74, 6) is 0.259. The van der Waals surface area contributed by atoms with Crippen molar-refractivity contribution < 1.29 is 9.53 Å². The van der Waals surface area contributed by atoms with Crippen LogP contribution < -0.4 is 10.2 Å². The molecule has 0 saturated heterocycles. The van der Waals surface area contributed by atoms with Gasteiger partial charge in [-0.05, 0) is 49.4 Å². The highest BCUT2D eigenvalue weighted by Gasteiger charge is 2.11. The van der Waals surface area contributed by atoms with Crippen molar-refractivity contribution >= 4 is 28.1 Å². The Balaban J connectivity index is 1.50. The molecule has 0 fully saturated rings. The van der Waals surface area contributed by atoms with Gasteiger partial charge in [0.2, 0.25) is 0 Å². The maximum absolute atomic E-state index is 12.1. The Kier molecular flexibility index (Phi) is 6.77. The number of hydrogen-bond donors (Lipinski definition) is 1. The number of benzene rings is 3. The topological polar surface area (TPSA) is 68.5 Å². The van der Waals surface area contributed by atoms with E-state index in [1.807, 2.05) is 73.8 Å². The SMILES string of the molecule is Cc1cccc(-c2nn(-c3ccccc3)cc2/C=N\NC(=O)COc2ccc(Br)cc2)c1. The first-order valence-electron chi connectivity index (χ1n) is 10.0. The van der Waals surface area contributed by atoms with E-state index in [1.54, 1.807) is 23.0 Å². The number of nitrogens with one attached hydrogen (secondary N) is 1. The summed E-state index contributed by atoms with van der Waals surface area (Å²) in [5.41, 5.74) is 7.13. The van der Waals surface area contributed by atoms with Crippen LogP contribution in [-0.4, -0.2) is 28.5 Å². The minimum Gasteiger partial charge on any atom is -0.484 e. The van der Waals surface area contributed by atoms with Gasteiger partial charge in [-0.25, -0.2) is 10.1 Å². The second-order valence-corrected chi connectivity index (χ2v) is 8.03. The molecular weight excluding hydrogens is 468 g/mol. The van der Waals surface area contributed by atoms with E-state index in [0.717, 1.165) is 32.5 Å². The normalized spacial score (nSPS) is 10.9. The van der Waals surface area contributed by atoms with E-state index in [1.165, 1.54) is 0 Å². The number of amides is 1. The zero-order chi connectivity index (χ0) is 22.3. The second kappa shape index (κ2) is 10.1. The molecule has 32 heavy (non-hydrogen) atoms. The van der Waals surface area contributed by atoms with Gasteiger partial charge in [0.1, 0.15) is 11.4 Å². The Morgan fingerprint density at radius 1 is 1.09 bits per heavy atom. The van der Waals surface area contributed by atoms with Crippen molar-refractivity contribution in [1.29, 1.82) is 0 Å². The average molecular weight is 489 g/mol. The highest BCUT2D eigenvalue weighted by atomic mass is 79.9. The smallest absolute Gasteiger partial charge is 0.277 e. The van der Waals surface area contributed by atoms with Crippen molar-refractivity contribution in [3.05, 3.63) is 101 Å². The summed E-state index contributed by atoms with van der Waals surface area (Å²) in [4.78, 5) is 12.1. The van der Waals surface area contributed by atoms with Crippen molar-refractivity contribution in [2.24, 2.45) is 5.10 Å². The Morgan fingerprint density at radius 3 is 2.62 bits per heavy atom. The van der Waals surface area contributed by atoms with Gasteiger partial charge in [0.25, 0.3) is 5.91 Å². The van der Waals surface area contributed by atoms with Crippen molar-refractivity contribution in [3.8, 4) is 22.7 Å². The Hall–Kier alpha value is -3.71. The van der Waals surface area contributed by atoms with Gasteiger partial charge in [0, 0.05) is 21.8 Å². The highest BCUT2D eigenvalue weighted by Crippen LogP contribution is 2.23. The number of hydrogen-bond acceptors (Lipinski definition) is 4. The lowest BCUT2D eigenvalue weighted by Crippen LogP contribution is -2.24. The van der Waals surface area contributed by atoms with Gasteiger partial charge in [0.15, 0.2) is 6.61 Å². The Morgan fingerprint density at radius 2 is 1.88 bits per heavy atom. The summed E-state index contributed by atoms with van der Waals surface area (Å²) in [6.07, 6.45) is 3.49. The van der Waals surface area contributed by atoms with Gasteiger partial charge in [-0.15, -0.1) is 0 Å². The number of aromatic nitrogens is 2. The fraction of sp³-hybridized carbons (Fsp3) is 0.0800. The third-order valence-electron chi connectivity index (χ3n) is 4.63. The molecule has 1 N–H and O–H groups in total. The molecule has 1 amide bonds. The lowest BCUT2D eigenvalue weighted by atomic mass is 10.1. The minimum atomic E-state index is -0.350. The second-order valence-electron chi connectivity index (χ2n) is 7.12. The lowest BCUT2D eigenvalue weighted by Gasteiger charge is -2.04. The van der Waals surface area contributed by atoms with E-state index < -0.39 is 0 Å². The van der Waals surface area contributed by atoms with Crippen LogP contribution in [0.15, 0.2) is 94.6 Å². The zero-order valence-corrected chi connectivity index (χ0v) is 19.0. The molecular formula is C25H21BrN4O2. The Bertz CT molecular complexity index is 1230. The summed E-state index contributed by atoms with van der Waals surface area (Å²) in [7, 11) is 0. The highest BCUT2D eigenvalue weighted by molar-refractivity contribution is 9.10. The van der Waals surface area contributed by atoms with Crippen LogP contribution in [-0.2, 0) is 4.79 Å². The van der Waals surface area contributed by atoms with Crippen LogP contribution in [0, 0.1) is 6.92 Å². The molecule has 0 radical (unpaired) electrons. The number of carbonyl (C=O) groups is 1. The predicted octanol–water partition coefficient (Wildman–Crippen LogP) is 5.14. The molecule has 3 aromatic carbocycles. The summed E-state index contributed by atoms with van der Waals surface area (Å²) in [6.45, 7) is 1.91. The molecule has 0 spiro atoms. The average Bonchev–Trinajstić information content (AvgIpc) is 3.23.